The van der Waals surface area contributed by atoms with Gasteiger partial charge in [0, 0.05) is 32.3 Å². The van der Waals surface area contributed by atoms with Gasteiger partial charge in [-0.05, 0) is 49.2 Å². The third-order valence-corrected chi connectivity index (χ3v) is 5.73. The molecule has 0 aliphatic rings. The van der Waals surface area contributed by atoms with Crippen molar-refractivity contribution in [3.8, 4) is 5.75 Å². The highest BCUT2D eigenvalue weighted by molar-refractivity contribution is 6.31. The lowest BCUT2D eigenvalue weighted by Crippen LogP contribution is -2.39. The van der Waals surface area contributed by atoms with Gasteiger partial charge < -0.3 is 14.4 Å². The van der Waals surface area contributed by atoms with E-state index in [1.54, 1.807) is 44.4 Å². The number of carbonyl (C=O) groups excluding carboxylic acids is 1. The topological polar surface area (TPSA) is 73.7 Å². The summed E-state index contributed by atoms with van der Waals surface area (Å²) in [6.07, 6.45) is 0.900. The Morgan fingerprint density at radius 3 is 2.56 bits per heavy atom. The number of amides is 1. The van der Waals surface area contributed by atoms with Gasteiger partial charge in [0.05, 0.1) is 30.5 Å². The zero-order valence-corrected chi connectivity index (χ0v) is 19.6. The standard InChI is InChI=1S/C24H28ClN3O4/c1-16(23-26-21-15-18(25)8-11-20(21)24(30)27(23)2)28(12-5-13-31-3)22(29)14-17-6-9-19(32-4)10-7-17/h6-11,15-16H,5,12-14H2,1-4H3. The Kier molecular flexibility index (Phi) is 7.88. The van der Waals surface area contributed by atoms with Crippen molar-refractivity contribution in [2.75, 3.05) is 27.4 Å². The summed E-state index contributed by atoms with van der Waals surface area (Å²) in [5.41, 5.74) is 1.22. The minimum absolute atomic E-state index is 0.0563. The predicted molar refractivity (Wildman–Crippen MR) is 125 cm³/mol. The molecule has 3 aromatic rings. The number of rotatable bonds is 9. The number of hydrogen-bond donors (Lipinski definition) is 0. The number of carbonyl (C=O) groups is 1. The second-order valence-electron chi connectivity index (χ2n) is 7.63. The third-order valence-electron chi connectivity index (χ3n) is 5.50. The normalized spacial score (nSPS) is 12.0. The van der Waals surface area contributed by atoms with Gasteiger partial charge in [0.2, 0.25) is 5.91 Å². The molecule has 8 heteroatoms. The molecule has 0 saturated carbocycles. The Labute approximate surface area is 192 Å². The lowest BCUT2D eigenvalue weighted by Gasteiger charge is -2.30. The number of ether oxygens (including phenoxy) is 2. The Hall–Kier alpha value is -2.90. The summed E-state index contributed by atoms with van der Waals surface area (Å²) in [6, 6.07) is 12.0. The summed E-state index contributed by atoms with van der Waals surface area (Å²) in [7, 11) is 4.91. The van der Waals surface area contributed by atoms with Gasteiger partial charge in [0.25, 0.3) is 5.56 Å². The fraction of sp³-hybridized carbons (Fsp3) is 0.375. The number of hydrogen-bond acceptors (Lipinski definition) is 5. The molecule has 3 rings (SSSR count). The summed E-state index contributed by atoms with van der Waals surface area (Å²) >= 11 is 6.12. The van der Waals surface area contributed by atoms with Crippen molar-refractivity contribution in [3.05, 3.63) is 69.2 Å². The third kappa shape index (κ3) is 5.29. The molecule has 1 aromatic heterocycles. The van der Waals surface area contributed by atoms with Crippen LogP contribution < -0.4 is 10.3 Å². The predicted octanol–water partition coefficient (Wildman–Crippen LogP) is 3.76. The Balaban J connectivity index is 1.94. The zero-order chi connectivity index (χ0) is 23.3. The number of benzene rings is 2. The molecule has 7 nitrogen and oxygen atoms in total. The quantitative estimate of drug-likeness (QED) is 0.457. The second-order valence-corrected chi connectivity index (χ2v) is 8.07. The molecule has 1 unspecified atom stereocenters. The van der Waals surface area contributed by atoms with Crippen LogP contribution in [0.5, 0.6) is 5.75 Å². The molecule has 0 bridgehead atoms. The number of aromatic nitrogens is 2. The molecular formula is C24H28ClN3O4. The van der Waals surface area contributed by atoms with Crippen LogP contribution in [0.1, 0.15) is 30.8 Å². The molecule has 32 heavy (non-hydrogen) atoms. The van der Waals surface area contributed by atoms with Crippen molar-refractivity contribution in [1.29, 1.82) is 0 Å². The molecule has 0 spiro atoms. The molecule has 0 aliphatic carbocycles. The number of nitrogens with zero attached hydrogens (tertiary/aromatic N) is 3. The van der Waals surface area contributed by atoms with Crippen molar-refractivity contribution >= 4 is 28.4 Å². The molecule has 0 saturated heterocycles. The van der Waals surface area contributed by atoms with Gasteiger partial charge >= 0.3 is 0 Å². The highest BCUT2D eigenvalue weighted by Gasteiger charge is 2.25. The van der Waals surface area contributed by atoms with E-state index in [9.17, 15) is 9.59 Å². The van der Waals surface area contributed by atoms with Crippen LogP contribution in [0.15, 0.2) is 47.3 Å². The molecular weight excluding hydrogens is 430 g/mol. The summed E-state index contributed by atoms with van der Waals surface area (Å²) in [4.78, 5) is 32.7. The van der Waals surface area contributed by atoms with E-state index in [-0.39, 0.29) is 17.9 Å². The van der Waals surface area contributed by atoms with Crippen LogP contribution in [0.2, 0.25) is 5.02 Å². The lowest BCUT2D eigenvalue weighted by molar-refractivity contribution is -0.133. The average molecular weight is 458 g/mol. The van der Waals surface area contributed by atoms with Gasteiger partial charge in [0.1, 0.15) is 11.6 Å². The fourth-order valence-electron chi connectivity index (χ4n) is 3.71. The summed E-state index contributed by atoms with van der Waals surface area (Å²) < 4.78 is 11.9. The van der Waals surface area contributed by atoms with E-state index < -0.39 is 6.04 Å². The van der Waals surface area contributed by atoms with Crippen LogP contribution in [-0.4, -0.2) is 47.7 Å². The second kappa shape index (κ2) is 10.6. The summed E-state index contributed by atoms with van der Waals surface area (Å²) in [5.74, 6) is 1.19. The molecule has 1 amide bonds. The maximum absolute atomic E-state index is 13.3. The number of halogens is 1. The SMILES string of the molecule is COCCCN(C(=O)Cc1ccc(OC)cc1)C(C)c1nc2cc(Cl)ccc2c(=O)n1C. The Morgan fingerprint density at radius 1 is 1.19 bits per heavy atom. The van der Waals surface area contributed by atoms with Crippen LogP contribution >= 0.6 is 11.6 Å². The first-order chi connectivity index (χ1) is 15.3. The first kappa shape index (κ1) is 23.8. The molecule has 0 aliphatic heterocycles. The van der Waals surface area contributed by atoms with E-state index in [0.29, 0.717) is 41.3 Å². The van der Waals surface area contributed by atoms with Gasteiger partial charge in [-0.3, -0.25) is 14.2 Å². The van der Waals surface area contributed by atoms with E-state index in [4.69, 9.17) is 26.1 Å². The highest BCUT2D eigenvalue weighted by Crippen LogP contribution is 2.23. The minimum Gasteiger partial charge on any atom is -0.497 e. The van der Waals surface area contributed by atoms with Crippen LogP contribution in [-0.2, 0) is 23.0 Å². The van der Waals surface area contributed by atoms with Gasteiger partial charge in [-0.25, -0.2) is 4.98 Å². The first-order valence-electron chi connectivity index (χ1n) is 10.4. The van der Waals surface area contributed by atoms with E-state index in [0.717, 1.165) is 11.3 Å². The lowest BCUT2D eigenvalue weighted by atomic mass is 10.1. The van der Waals surface area contributed by atoms with Crippen LogP contribution in [0.3, 0.4) is 0 Å². The zero-order valence-electron chi connectivity index (χ0n) is 18.8. The minimum atomic E-state index is -0.418. The summed E-state index contributed by atoms with van der Waals surface area (Å²) in [6.45, 7) is 2.89. The van der Waals surface area contributed by atoms with Crippen molar-refractivity contribution < 1.29 is 14.3 Å². The molecule has 1 heterocycles. The molecule has 170 valence electrons. The summed E-state index contributed by atoms with van der Waals surface area (Å²) in [5, 5.41) is 0.993. The average Bonchev–Trinajstić information content (AvgIpc) is 2.79. The maximum Gasteiger partial charge on any atom is 0.261 e. The van der Waals surface area contributed by atoms with E-state index in [1.165, 1.54) is 4.57 Å². The molecule has 2 aromatic carbocycles. The van der Waals surface area contributed by atoms with Crippen LogP contribution in [0, 0.1) is 0 Å². The van der Waals surface area contributed by atoms with E-state index in [1.807, 2.05) is 31.2 Å². The molecule has 0 fully saturated rings. The largest absolute Gasteiger partial charge is 0.497 e. The Morgan fingerprint density at radius 2 is 1.91 bits per heavy atom. The van der Waals surface area contributed by atoms with Gasteiger partial charge in [-0.15, -0.1) is 0 Å². The van der Waals surface area contributed by atoms with Crippen molar-refractivity contribution in [2.45, 2.75) is 25.8 Å². The van der Waals surface area contributed by atoms with Gasteiger partial charge in [-0.2, -0.15) is 0 Å². The maximum atomic E-state index is 13.3. The smallest absolute Gasteiger partial charge is 0.261 e. The number of methoxy groups -OCH3 is 2. The van der Waals surface area contributed by atoms with Gasteiger partial charge in [0.15, 0.2) is 0 Å². The first-order valence-corrected chi connectivity index (χ1v) is 10.8. The van der Waals surface area contributed by atoms with Crippen molar-refractivity contribution in [3.63, 3.8) is 0 Å². The van der Waals surface area contributed by atoms with Crippen LogP contribution in [0.4, 0.5) is 0 Å². The fourth-order valence-corrected chi connectivity index (χ4v) is 3.87. The van der Waals surface area contributed by atoms with Gasteiger partial charge in [-0.1, -0.05) is 23.7 Å². The van der Waals surface area contributed by atoms with E-state index in [2.05, 4.69) is 0 Å². The monoisotopic (exact) mass is 457 g/mol. The molecule has 1 atom stereocenters. The van der Waals surface area contributed by atoms with E-state index >= 15 is 0 Å². The number of fused-ring (bicyclic) bond motifs is 1. The molecule has 0 N–H and O–H groups in total. The van der Waals surface area contributed by atoms with Crippen molar-refractivity contribution in [1.82, 2.24) is 14.5 Å². The van der Waals surface area contributed by atoms with Crippen LogP contribution in [0.25, 0.3) is 10.9 Å². The molecule has 0 radical (unpaired) electrons. The Bertz CT molecular complexity index is 1140. The highest BCUT2D eigenvalue weighted by atomic mass is 35.5. The van der Waals surface area contributed by atoms with Crippen molar-refractivity contribution in [2.24, 2.45) is 7.05 Å².